The Morgan fingerprint density at radius 2 is 1.42 bits per heavy atom. The van der Waals surface area contributed by atoms with Crippen molar-refractivity contribution in [1.82, 2.24) is 14.0 Å². The van der Waals surface area contributed by atoms with E-state index in [1.165, 1.54) is 54.2 Å². The van der Waals surface area contributed by atoms with Crippen molar-refractivity contribution in [2.75, 3.05) is 0 Å². The fourth-order valence-electron chi connectivity index (χ4n) is 5.43. The molecule has 8 rings (SSSR count). The predicted octanol–water partition coefficient (Wildman–Crippen LogP) is 8.26. The standard InChI is InChI=1S/C31H18N3S.Ir/c1-2-6-22(7-3-1)34-28-9-5-4-8-23(28)25-18-20(11-13-29(25)34)21-10-12-27-26(19-21)30-24(14-17-35-30)31-32-15-16-33(27)31;/h1-13,15-19H;/q-1;. The average Bonchev–Trinajstić information content (AvgIpc) is 3.66. The number of aromatic nitrogens is 3. The van der Waals surface area contributed by atoms with Gasteiger partial charge < -0.3 is 14.0 Å². The number of para-hydroxylation sites is 2. The fourth-order valence-corrected chi connectivity index (χ4v) is 6.29. The van der Waals surface area contributed by atoms with Crippen molar-refractivity contribution in [3.05, 3.63) is 115 Å². The van der Waals surface area contributed by atoms with E-state index >= 15 is 0 Å². The molecule has 0 aliphatic carbocycles. The number of hydrogen-bond acceptors (Lipinski definition) is 2. The molecule has 5 heteroatoms. The largest absolute Gasteiger partial charge is 0.354 e. The van der Waals surface area contributed by atoms with Gasteiger partial charge in [-0.3, -0.25) is 0 Å². The Morgan fingerprint density at radius 1 is 0.694 bits per heavy atom. The summed E-state index contributed by atoms with van der Waals surface area (Å²) in [7, 11) is 0. The molecule has 0 saturated carbocycles. The van der Waals surface area contributed by atoms with Crippen LogP contribution < -0.4 is 0 Å². The second-order valence-electron chi connectivity index (χ2n) is 8.86. The van der Waals surface area contributed by atoms with Crippen LogP contribution in [0.1, 0.15) is 0 Å². The molecule has 0 atom stereocenters. The van der Waals surface area contributed by atoms with Gasteiger partial charge in [-0.25, -0.2) is 11.3 Å². The van der Waals surface area contributed by atoms with Crippen molar-refractivity contribution in [1.29, 1.82) is 0 Å². The molecule has 4 aromatic heterocycles. The Balaban J connectivity index is 0.00000220. The van der Waals surface area contributed by atoms with Crippen LogP contribution in [-0.4, -0.2) is 14.0 Å². The van der Waals surface area contributed by atoms with E-state index < -0.39 is 0 Å². The minimum atomic E-state index is 0. The molecule has 0 N–H and O–H groups in total. The predicted molar refractivity (Wildman–Crippen MR) is 147 cm³/mol. The van der Waals surface area contributed by atoms with Crippen molar-refractivity contribution in [2.24, 2.45) is 0 Å². The molecule has 36 heavy (non-hydrogen) atoms. The van der Waals surface area contributed by atoms with Crippen LogP contribution in [-0.2, 0) is 20.1 Å². The SMILES string of the molecule is [Ir].[c-]1csc2c1c1nccn1c1ccc(-c3ccc4c(c3)c3ccccc3n4-c3ccccc3)cc21. The number of fused-ring (bicyclic) bond motifs is 9. The maximum atomic E-state index is 4.58. The zero-order valence-corrected chi connectivity index (χ0v) is 22.2. The molecular formula is C31H18IrN3S-. The average molecular weight is 657 g/mol. The number of rotatable bonds is 2. The molecule has 0 fully saturated rings. The maximum absolute atomic E-state index is 4.58. The van der Waals surface area contributed by atoms with E-state index in [-0.39, 0.29) is 20.1 Å². The van der Waals surface area contributed by atoms with E-state index in [0.717, 1.165) is 11.0 Å². The summed E-state index contributed by atoms with van der Waals surface area (Å²) in [5.41, 5.74) is 8.20. The first kappa shape index (κ1) is 21.5. The van der Waals surface area contributed by atoms with E-state index in [2.05, 4.69) is 111 Å². The summed E-state index contributed by atoms with van der Waals surface area (Å²) >= 11 is 1.73. The third-order valence-corrected chi connectivity index (χ3v) is 7.89. The summed E-state index contributed by atoms with van der Waals surface area (Å²) in [6, 6.07) is 36.3. The summed E-state index contributed by atoms with van der Waals surface area (Å²) in [5.74, 6) is 0. The van der Waals surface area contributed by atoms with Crippen LogP contribution in [0.4, 0.5) is 0 Å². The topological polar surface area (TPSA) is 22.2 Å². The van der Waals surface area contributed by atoms with E-state index in [0.29, 0.717) is 0 Å². The third-order valence-electron chi connectivity index (χ3n) is 6.99. The number of thiophene rings is 1. The van der Waals surface area contributed by atoms with E-state index in [1.54, 1.807) is 11.3 Å². The van der Waals surface area contributed by atoms with Crippen LogP contribution in [0.2, 0.25) is 0 Å². The molecule has 0 aliphatic heterocycles. The Hall–Kier alpha value is -3.76. The van der Waals surface area contributed by atoms with Crippen LogP contribution in [0, 0.1) is 6.07 Å². The summed E-state index contributed by atoms with van der Waals surface area (Å²) in [5, 5.41) is 6.90. The molecule has 1 radical (unpaired) electrons. The zero-order valence-electron chi connectivity index (χ0n) is 19.0. The van der Waals surface area contributed by atoms with Crippen molar-refractivity contribution in [2.45, 2.75) is 0 Å². The number of pyridine rings is 1. The normalized spacial score (nSPS) is 11.7. The van der Waals surface area contributed by atoms with Crippen LogP contribution in [0.3, 0.4) is 0 Å². The zero-order chi connectivity index (χ0) is 22.9. The Kier molecular flexibility index (Phi) is 4.87. The first-order chi connectivity index (χ1) is 17.4. The van der Waals surface area contributed by atoms with Crippen molar-refractivity contribution >= 4 is 59.8 Å². The molecular weight excluding hydrogens is 639 g/mol. The molecule has 4 aromatic carbocycles. The first-order valence-electron chi connectivity index (χ1n) is 11.6. The second-order valence-corrected chi connectivity index (χ2v) is 9.74. The fraction of sp³-hybridized carbons (Fsp3) is 0. The summed E-state index contributed by atoms with van der Waals surface area (Å²) < 4.78 is 5.76. The van der Waals surface area contributed by atoms with Gasteiger partial charge in [0.15, 0.2) is 0 Å². The van der Waals surface area contributed by atoms with Crippen molar-refractivity contribution in [3.63, 3.8) is 0 Å². The number of benzene rings is 4. The molecule has 8 aromatic rings. The molecule has 0 saturated heterocycles. The van der Waals surface area contributed by atoms with Gasteiger partial charge in [-0.2, -0.15) is 6.07 Å². The number of nitrogens with zero attached hydrogens (tertiary/aromatic N) is 3. The van der Waals surface area contributed by atoms with Crippen LogP contribution in [0.15, 0.2) is 109 Å². The first-order valence-corrected chi connectivity index (χ1v) is 12.5. The third kappa shape index (κ3) is 2.97. The second kappa shape index (κ2) is 8.14. The minimum absolute atomic E-state index is 0. The van der Waals surface area contributed by atoms with E-state index in [9.17, 15) is 0 Å². The Bertz CT molecular complexity index is 2060. The smallest absolute Gasteiger partial charge is 0.0541 e. The Morgan fingerprint density at radius 3 is 2.28 bits per heavy atom. The molecule has 0 spiro atoms. The van der Waals surface area contributed by atoms with Gasteiger partial charge in [-0.1, -0.05) is 64.7 Å². The van der Waals surface area contributed by atoms with Crippen molar-refractivity contribution in [3.8, 4) is 16.8 Å². The van der Waals surface area contributed by atoms with Gasteiger partial charge in [-0.15, -0.1) is 5.39 Å². The minimum Gasteiger partial charge on any atom is -0.354 e. The quantitative estimate of drug-likeness (QED) is 0.172. The monoisotopic (exact) mass is 657 g/mol. The summed E-state index contributed by atoms with van der Waals surface area (Å²) in [6.45, 7) is 0. The summed E-state index contributed by atoms with van der Waals surface area (Å²) in [6.07, 6.45) is 3.90. The molecule has 3 nitrogen and oxygen atoms in total. The molecule has 0 bridgehead atoms. The molecule has 4 heterocycles. The Labute approximate surface area is 224 Å². The van der Waals surface area contributed by atoms with Gasteiger partial charge in [0.2, 0.25) is 0 Å². The van der Waals surface area contributed by atoms with Crippen molar-refractivity contribution < 1.29 is 20.1 Å². The van der Waals surface area contributed by atoms with Crippen LogP contribution >= 0.6 is 11.3 Å². The molecule has 173 valence electrons. The summed E-state index contributed by atoms with van der Waals surface area (Å²) in [4.78, 5) is 4.58. The van der Waals surface area contributed by atoms with Gasteiger partial charge in [0.05, 0.1) is 11.0 Å². The van der Waals surface area contributed by atoms with Crippen LogP contribution in [0.25, 0.3) is 65.3 Å². The maximum Gasteiger partial charge on any atom is 0.0541 e. The van der Waals surface area contributed by atoms with Gasteiger partial charge in [-0.05, 0) is 52.9 Å². The van der Waals surface area contributed by atoms with Crippen LogP contribution in [0.5, 0.6) is 0 Å². The van der Waals surface area contributed by atoms with E-state index in [4.69, 9.17) is 0 Å². The van der Waals surface area contributed by atoms with Gasteiger partial charge >= 0.3 is 0 Å². The number of imidazole rings is 1. The van der Waals surface area contributed by atoms with Gasteiger partial charge in [0.1, 0.15) is 0 Å². The van der Waals surface area contributed by atoms with Gasteiger partial charge in [0, 0.05) is 60.1 Å². The molecule has 0 aliphatic rings. The van der Waals surface area contributed by atoms with Gasteiger partial charge in [0.25, 0.3) is 0 Å². The van der Waals surface area contributed by atoms with E-state index in [1.807, 2.05) is 17.8 Å². The number of hydrogen-bond donors (Lipinski definition) is 0. The molecule has 0 amide bonds. The molecule has 0 unspecified atom stereocenters.